The van der Waals surface area contributed by atoms with Crippen molar-refractivity contribution in [2.45, 2.75) is 45.6 Å². The minimum Gasteiger partial charge on any atom is -0.494 e. The van der Waals surface area contributed by atoms with Crippen LogP contribution in [0.15, 0.2) is 70.9 Å². The van der Waals surface area contributed by atoms with Crippen LogP contribution in [0.2, 0.25) is 0 Å². The third-order valence-electron chi connectivity index (χ3n) is 5.61. The van der Waals surface area contributed by atoms with E-state index in [-0.39, 0.29) is 29.7 Å². The fourth-order valence-corrected chi connectivity index (χ4v) is 3.48. The van der Waals surface area contributed by atoms with Crippen molar-refractivity contribution < 1.29 is 28.2 Å². The number of carbonyl (C=O) groups is 2. The standard InChI is InChI=1S/C30H32N2O6/c1-30(2,3)23-10-12-24(13-11-23)36-16-6-8-28(33)38-26-14-9-21(18-27(26)35-4)17-22(19-31)29(34)32-20-25-7-5-15-37-25/h5,7,9-15,17-18H,6,8,16,20H2,1-4H3,(H,32,34)/b22-17+. The number of esters is 1. The summed E-state index contributed by atoms with van der Waals surface area (Å²) in [5.74, 6) is 0.913. The smallest absolute Gasteiger partial charge is 0.311 e. The van der Waals surface area contributed by atoms with Gasteiger partial charge in [-0.15, -0.1) is 0 Å². The second kappa shape index (κ2) is 13.2. The number of furan rings is 1. The third-order valence-corrected chi connectivity index (χ3v) is 5.61. The Labute approximate surface area is 222 Å². The van der Waals surface area contributed by atoms with Crippen LogP contribution in [0, 0.1) is 11.3 Å². The molecule has 1 heterocycles. The van der Waals surface area contributed by atoms with E-state index >= 15 is 0 Å². The third kappa shape index (κ3) is 8.27. The largest absolute Gasteiger partial charge is 0.494 e. The summed E-state index contributed by atoms with van der Waals surface area (Å²) >= 11 is 0. The summed E-state index contributed by atoms with van der Waals surface area (Å²) in [4.78, 5) is 24.7. The number of amides is 1. The molecule has 0 aliphatic carbocycles. The number of methoxy groups -OCH3 is 1. The number of nitriles is 1. The maximum absolute atomic E-state index is 12.4. The number of rotatable bonds is 11. The Kier molecular flexibility index (Phi) is 9.72. The highest BCUT2D eigenvalue weighted by Gasteiger charge is 2.15. The van der Waals surface area contributed by atoms with E-state index in [9.17, 15) is 14.9 Å². The molecule has 3 rings (SSSR count). The van der Waals surface area contributed by atoms with Gasteiger partial charge in [0.25, 0.3) is 5.91 Å². The van der Waals surface area contributed by atoms with Crippen LogP contribution >= 0.6 is 0 Å². The van der Waals surface area contributed by atoms with Crippen molar-refractivity contribution in [2.24, 2.45) is 0 Å². The Balaban J connectivity index is 1.51. The van der Waals surface area contributed by atoms with Crippen LogP contribution in [0.25, 0.3) is 6.08 Å². The van der Waals surface area contributed by atoms with Gasteiger partial charge in [-0.25, -0.2) is 0 Å². The predicted octanol–water partition coefficient (Wildman–Crippen LogP) is 5.57. The Morgan fingerprint density at radius 2 is 1.84 bits per heavy atom. The summed E-state index contributed by atoms with van der Waals surface area (Å²) in [6.07, 6.45) is 3.59. The lowest BCUT2D eigenvalue weighted by Crippen LogP contribution is -2.23. The van der Waals surface area contributed by atoms with Crippen LogP contribution in [-0.4, -0.2) is 25.6 Å². The first kappa shape index (κ1) is 28.1. The van der Waals surface area contributed by atoms with Crippen LogP contribution in [-0.2, 0) is 21.5 Å². The van der Waals surface area contributed by atoms with Gasteiger partial charge in [0.05, 0.1) is 26.5 Å². The Bertz CT molecular complexity index is 1300. The van der Waals surface area contributed by atoms with E-state index in [4.69, 9.17) is 18.6 Å². The average molecular weight is 517 g/mol. The number of carbonyl (C=O) groups excluding carboxylic acids is 2. The second-order valence-electron chi connectivity index (χ2n) is 9.54. The van der Waals surface area contributed by atoms with Crippen molar-refractivity contribution >= 4 is 18.0 Å². The SMILES string of the molecule is COc1cc(/C=C(\C#N)C(=O)NCc2ccco2)ccc1OC(=O)CCCOc1ccc(C(C)(C)C)cc1. The van der Waals surface area contributed by atoms with Crippen LogP contribution in [0.4, 0.5) is 0 Å². The van der Waals surface area contributed by atoms with Gasteiger partial charge in [0.2, 0.25) is 0 Å². The fraction of sp³-hybridized carbons (Fsp3) is 0.300. The van der Waals surface area contributed by atoms with Crippen molar-refractivity contribution in [2.75, 3.05) is 13.7 Å². The van der Waals surface area contributed by atoms with Gasteiger partial charge < -0.3 is 23.9 Å². The van der Waals surface area contributed by atoms with Crippen LogP contribution in [0.3, 0.4) is 0 Å². The zero-order valence-electron chi connectivity index (χ0n) is 22.1. The highest BCUT2D eigenvalue weighted by molar-refractivity contribution is 6.01. The van der Waals surface area contributed by atoms with E-state index in [0.717, 1.165) is 5.75 Å². The van der Waals surface area contributed by atoms with Gasteiger partial charge >= 0.3 is 5.97 Å². The van der Waals surface area contributed by atoms with Crippen LogP contribution in [0.5, 0.6) is 17.2 Å². The summed E-state index contributed by atoms with van der Waals surface area (Å²) in [7, 11) is 1.44. The molecule has 3 aromatic rings. The van der Waals surface area contributed by atoms with E-state index in [0.29, 0.717) is 30.1 Å². The number of nitrogens with zero attached hydrogens (tertiary/aromatic N) is 1. The zero-order chi connectivity index (χ0) is 27.5. The van der Waals surface area contributed by atoms with E-state index in [1.54, 1.807) is 30.3 Å². The predicted molar refractivity (Wildman–Crippen MR) is 143 cm³/mol. The molecule has 0 saturated heterocycles. The summed E-state index contributed by atoms with van der Waals surface area (Å²) < 4.78 is 21.7. The summed E-state index contributed by atoms with van der Waals surface area (Å²) in [5.41, 5.74) is 1.75. The molecular formula is C30H32N2O6. The van der Waals surface area contributed by atoms with E-state index in [2.05, 4.69) is 26.1 Å². The average Bonchev–Trinajstić information content (AvgIpc) is 3.42. The maximum Gasteiger partial charge on any atom is 0.311 e. The number of ether oxygens (including phenoxy) is 3. The topological polar surface area (TPSA) is 111 Å². The van der Waals surface area contributed by atoms with Gasteiger partial charge in [-0.05, 0) is 65.4 Å². The molecule has 1 N–H and O–H groups in total. The van der Waals surface area contributed by atoms with Gasteiger partial charge in [-0.3, -0.25) is 9.59 Å². The van der Waals surface area contributed by atoms with Crippen molar-refractivity contribution in [3.63, 3.8) is 0 Å². The van der Waals surface area contributed by atoms with Gasteiger partial charge in [-0.2, -0.15) is 5.26 Å². The first-order valence-electron chi connectivity index (χ1n) is 12.2. The van der Waals surface area contributed by atoms with Crippen LogP contribution in [0.1, 0.15) is 50.5 Å². The molecule has 0 aliphatic rings. The number of benzene rings is 2. The van der Waals surface area contributed by atoms with Gasteiger partial charge in [0, 0.05) is 6.42 Å². The second-order valence-corrected chi connectivity index (χ2v) is 9.54. The van der Waals surface area contributed by atoms with Crippen molar-refractivity contribution in [1.29, 1.82) is 5.26 Å². The Morgan fingerprint density at radius 3 is 2.47 bits per heavy atom. The first-order chi connectivity index (χ1) is 18.2. The monoisotopic (exact) mass is 516 g/mol. The molecule has 0 saturated carbocycles. The zero-order valence-corrected chi connectivity index (χ0v) is 22.1. The molecule has 2 aromatic carbocycles. The molecule has 8 heteroatoms. The highest BCUT2D eigenvalue weighted by atomic mass is 16.6. The molecule has 0 bridgehead atoms. The molecule has 8 nitrogen and oxygen atoms in total. The van der Waals surface area contributed by atoms with Crippen molar-refractivity contribution in [3.05, 3.63) is 83.3 Å². The fourth-order valence-electron chi connectivity index (χ4n) is 3.48. The van der Waals surface area contributed by atoms with Gasteiger partial charge in [-0.1, -0.05) is 39.0 Å². The molecule has 1 aromatic heterocycles. The summed E-state index contributed by atoms with van der Waals surface area (Å²) in [6.45, 7) is 7.00. The molecule has 0 unspecified atom stereocenters. The molecule has 0 atom stereocenters. The molecule has 0 spiro atoms. The lowest BCUT2D eigenvalue weighted by atomic mass is 9.87. The lowest BCUT2D eigenvalue weighted by Gasteiger charge is -2.19. The highest BCUT2D eigenvalue weighted by Crippen LogP contribution is 2.29. The number of nitrogens with one attached hydrogen (secondary N) is 1. The van der Waals surface area contributed by atoms with Crippen molar-refractivity contribution in [1.82, 2.24) is 5.32 Å². The molecule has 1 amide bonds. The first-order valence-corrected chi connectivity index (χ1v) is 12.2. The lowest BCUT2D eigenvalue weighted by molar-refractivity contribution is -0.134. The molecule has 38 heavy (non-hydrogen) atoms. The minimum atomic E-state index is -0.536. The summed E-state index contributed by atoms with van der Waals surface area (Å²) in [6, 6.07) is 18.1. The molecule has 0 fully saturated rings. The quantitative estimate of drug-likeness (QED) is 0.117. The normalized spacial score (nSPS) is 11.4. The van der Waals surface area contributed by atoms with Crippen LogP contribution < -0.4 is 19.5 Å². The Morgan fingerprint density at radius 1 is 1.08 bits per heavy atom. The van der Waals surface area contributed by atoms with E-state index in [1.165, 1.54) is 25.0 Å². The van der Waals surface area contributed by atoms with E-state index < -0.39 is 11.9 Å². The Hall–Kier alpha value is -4.51. The van der Waals surface area contributed by atoms with Gasteiger partial charge in [0.1, 0.15) is 23.2 Å². The number of hydrogen-bond acceptors (Lipinski definition) is 7. The van der Waals surface area contributed by atoms with Gasteiger partial charge in [0.15, 0.2) is 11.5 Å². The summed E-state index contributed by atoms with van der Waals surface area (Å²) in [5, 5.41) is 12.1. The number of hydrogen-bond donors (Lipinski definition) is 1. The van der Waals surface area contributed by atoms with Crippen molar-refractivity contribution in [3.8, 4) is 23.3 Å². The van der Waals surface area contributed by atoms with E-state index in [1.807, 2.05) is 30.3 Å². The molecule has 0 radical (unpaired) electrons. The maximum atomic E-state index is 12.4. The molecule has 0 aliphatic heterocycles. The molecular weight excluding hydrogens is 484 g/mol. The minimum absolute atomic E-state index is 0.0746. The molecule has 198 valence electrons.